The van der Waals surface area contributed by atoms with Crippen LogP contribution in [-0.2, 0) is 14.3 Å². The van der Waals surface area contributed by atoms with Crippen molar-refractivity contribution in [3.63, 3.8) is 0 Å². The quantitative estimate of drug-likeness (QED) is 0.684. The molecule has 1 heterocycles. The highest BCUT2D eigenvalue weighted by atomic mass is 16.5. The van der Waals surface area contributed by atoms with Gasteiger partial charge < -0.3 is 20.1 Å². The lowest BCUT2D eigenvalue weighted by atomic mass is 9.96. The number of nitrogens with two attached hydrogens (primary N) is 1. The van der Waals surface area contributed by atoms with Crippen molar-refractivity contribution in [2.75, 3.05) is 30.8 Å². The van der Waals surface area contributed by atoms with E-state index in [0.717, 1.165) is 30.0 Å². The summed E-state index contributed by atoms with van der Waals surface area (Å²) in [6, 6.07) is 6.06. The van der Waals surface area contributed by atoms with Gasteiger partial charge in [0.15, 0.2) is 0 Å². The van der Waals surface area contributed by atoms with Gasteiger partial charge >= 0.3 is 5.97 Å². The summed E-state index contributed by atoms with van der Waals surface area (Å²) in [6.45, 7) is 7.83. The number of rotatable bonds is 4. The number of carbonyl (C=O) groups excluding carboxylic acids is 1. The van der Waals surface area contributed by atoms with E-state index in [1.54, 1.807) is 0 Å². The van der Waals surface area contributed by atoms with Crippen LogP contribution in [0.5, 0.6) is 0 Å². The van der Waals surface area contributed by atoms with Crippen LogP contribution >= 0.6 is 0 Å². The molecule has 1 aliphatic heterocycles. The zero-order valence-electron chi connectivity index (χ0n) is 13.8. The van der Waals surface area contributed by atoms with Gasteiger partial charge in [-0.2, -0.15) is 0 Å². The molecule has 1 saturated heterocycles. The largest absolute Gasteiger partial charge is 0.469 e. The Morgan fingerprint density at radius 1 is 1.41 bits per heavy atom. The Balaban J connectivity index is 2.14. The number of hydrogen-bond donors (Lipinski definition) is 1. The van der Waals surface area contributed by atoms with Crippen LogP contribution in [0.15, 0.2) is 18.2 Å². The third-order valence-electron chi connectivity index (χ3n) is 4.08. The molecule has 1 aromatic rings. The molecule has 22 heavy (non-hydrogen) atoms. The number of nitrogens with zero attached hydrogens (tertiary/aromatic N) is 1. The van der Waals surface area contributed by atoms with Crippen molar-refractivity contribution in [1.82, 2.24) is 0 Å². The van der Waals surface area contributed by atoms with Gasteiger partial charge in [-0.15, -0.1) is 0 Å². The lowest BCUT2D eigenvalue weighted by Gasteiger charge is -2.37. The Labute approximate surface area is 132 Å². The van der Waals surface area contributed by atoms with Gasteiger partial charge in [0.1, 0.15) is 0 Å². The van der Waals surface area contributed by atoms with Gasteiger partial charge in [0.05, 0.1) is 37.1 Å². The van der Waals surface area contributed by atoms with E-state index in [1.807, 2.05) is 25.1 Å². The van der Waals surface area contributed by atoms with Gasteiger partial charge in [-0.05, 0) is 37.5 Å². The number of nitrogen functional groups attached to an aromatic ring is 1. The van der Waals surface area contributed by atoms with Gasteiger partial charge in [-0.3, -0.25) is 4.79 Å². The number of esters is 1. The minimum absolute atomic E-state index is 0.0892. The van der Waals surface area contributed by atoms with Crippen molar-refractivity contribution in [3.05, 3.63) is 23.8 Å². The number of benzene rings is 1. The van der Waals surface area contributed by atoms with Crippen molar-refractivity contribution in [1.29, 1.82) is 0 Å². The highest BCUT2D eigenvalue weighted by molar-refractivity contribution is 5.72. The molecule has 1 fully saturated rings. The molecule has 5 heteroatoms. The van der Waals surface area contributed by atoms with Crippen LogP contribution in [0.25, 0.3) is 0 Å². The maximum Gasteiger partial charge on any atom is 0.306 e. The summed E-state index contributed by atoms with van der Waals surface area (Å²) in [5, 5.41) is 0. The zero-order chi connectivity index (χ0) is 16.3. The molecule has 0 radical (unpaired) electrons. The monoisotopic (exact) mass is 306 g/mol. The highest BCUT2D eigenvalue weighted by Crippen LogP contribution is 2.30. The first kappa shape index (κ1) is 16.6. The van der Waals surface area contributed by atoms with Crippen molar-refractivity contribution in [2.24, 2.45) is 0 Å². The number of hydrogen-bond acceptors (Lipinski definition) is 5. The molecule has 0 bridgehead atoms. The second kappa shape index (κ2) is 7.01. The lowest BCUT2D eigenvalue weighted by molar-refractivity contribution is -0.140. The predicted molar refractivity (Wildman–Crippen MR) is 88.1 cm³/mol. The summed E-state index contributed by atoms with van der Waals surface area (Å²) in [6.07, 6.45) is 0.753. The fraction of sp³-hybridized carbons (Fsp3) is 0.588. The van der Waals surface area contributed by atoms with Gasteiger partial charge in [0.2, 0.25) is 0 Å². The number of methoxy groups -OCH3 is 1. The molecule has 0 aromatic heterocycles. The van der Waals surface area contributed by atoms with Crippen LogP contribution in [0, 0.1) is 0 Å². The summed E-state index contributed by atoms with van der Waals surface area (Å²) in [5.74, 6) is -0.114. The summed E-state index contributed by atoms with van der Waals surface area (Å²) >= 11 is 0. The number of ether oxygens (including phenoxy) is 2. The third-order valence-corrected chi connectivity index (χ3v) is 4.08. The average Bonchev–Trinajstić information content (AvgIpc) is 2.45. The maximum absolute atomic E-state index is 11.4. The molecule has 2 N–H and O–H groups in total. The SMILES string of the molecule is COC(=O)CC(C)c1ccc(N2C[C@@H](C)O[C@@H](C)C2)c(N)c1. The van der Waals surface area contributed by atoms with Gasteiger partial charge in [0.25, 0.3) is 0 Å². The van der Waals surface area contributed by atoms with E-state index in [2.05, 4.69) is 18.7 Å². The molecule has 1 aromatic carbocycles. The molecule has 1 unspecified atom stereocenters. The summed E-state index contributed by atoms with van der Waals surface area (Å²) in [5.41, 5.74) is 9.09. The lowest BCUT2D eigenvalue weighted by Crippen LogP contribution is -2.45. The first-order valence-electron chi connectivity index (χ1n) is 7.77. The Bertz CT molecular complexity index is 523. The molecule has 0 saturated carbocycles. The minimum atomic E-state index is -0.203. The van der Waals surface area contributed by atoms with E-state index in [9.17, 15) is 4.79 Å². The predicted octanol–water partition coefficient (Wildman–Crippen LogP) is 2.55. The first-order valence-corrected chi connectivity index (χ1v) is 7.77. The zero-order valence-corrected chi connectivity index (χ0v) is 13.8. The van der Waals surface area contributed by atoms with Crippen molar-refractivity contribution >= 4 is 17.3 Å². The van der Waals surface area contributed by atoms with E-state index in [4.69, 9.17) is 15.2 Å². The normalized spacial score (nSPS) is 23.2. The van der Waals surface area contributed by atoms with Gasteiger partial charge in [-0.25, -0.2) is 0 Å². The molecule has 3 atom stereocenters. The van der Waals surface area contributed by atoms with Crippen LogP contribution < -0.4 is 10.6 Å². The van der Waals surface area contributed by atoms with Crippen LogP contribution in [0.4, 0.5) is 11.4 Å². The molecule has 2 rings (SSSR count). The molecular weight excluding hydrogens is 280 g/mol. The average molecular weight is 306 g/mol. The van der Waals surface area contributed by atoms with Crippen LogP contribution in [0.2, 0.25) is 0 Å². The Hall–Kier alpha value is -1.75. The van der Waals surface area contributed by atoms with E-state index in [-0.39, 0.29) is 24.1 Å². The van der Waals surface area contributed by atoms with E-state index >= 15 is 0 Å². The number of morpholine rings is 1. The second-order valence-corrected chi connectivity index (χ2v) is 6.16. The van der Waals surface area contributed by atoms with Crippen molar-refractivity contribution < 1.29 is 14.3 Å². The standard InChI is InChI=1S/C17H26N2O3/c1-11(7-17(20)21-4)14-5-6-16(15(18)8-14)19-9-12(2)22-13(3)10-19/h5-6,8,11-13H,7,9-10,18H2,1-4H3/t11?,12-,13+. The van der Waals surface area contributed by atoms with E-state index in [0.29, 0.717) is 6.42 Å². The van der Waals surface area contributed by atoms with Gasteiger partial charge in [0, 0.05) is 13.1 Å². The molecule has 5 nitrogen and oxygen atoms in total. The topological polar surface area (TPSA) is 64.8 Å². The molecule has 122 valence electrons. The summed E-state index contributed by atoms with van der Waals surface area (Å²) in [4.78, 5) is 13.7. The highest BCUT2D eigenvalue weighted by Gasteiger charge is 2.24. The Kier molecular flexibility index (Phi) is 5.29. The number of carbonyl (C=O) groups is 1. The van der Waals surface area contributed by atoms with Crippen LogP contribution in [0.1, 0.15) is 38.7 Å². The fourth-order valence-electron chi connectivity index (χ4n) is 2.99. The molecule has 1 aliphatic rings. The Morgan fingerprint density at radius 2 is 2.05 bits per heavy atom. The maximum atomic E-state index is 11.4. The minimum Gasteiger partial charge on any atom is -0.469 e. The third kappa shape index (κ3) is 3.91. The summed E-state index contributed by atoms with van der Waals surface area (Å²) in [7, 11) is 1.41. The molecule has 0 spiro atoms. The van der Waals surface area contributed by atoms with Crippen molar-refractivity contribution in [3.8, 4) is 0 Å². The molecule has 0 aliphatic carbocycles. The Morgan fingerprint density at radius 3 is 2.59 bits per heavy atom. The van der Waals surface area contributed by atoms with E-state index in [1.165, 1.54) is 7.11 Å². The van der Waals surface area contributed by atoms with Crippen molar-refractivity contribution in [2.45, 2.75) is 45.3 Å². The smallest absolute Gasteiger partial charge is 0.306 e. The number of anilines is 2. The van der Waals surface area contributed by atoms with Crippen LogP contribution in [-0.4, -0.2) is 38.4 Å². The second-order valence-electron chi connectivity index (χ2n) is 6.16. The van der Waals surface area contributed by atoms with Gasteiger partial charge in [-0.1, -0.05) is 13.0 Å². The first-order chi connectivity index (χ1) is 10.4. The van der Waals surface area contributed by atoms with Crippen LogP contribution in [0.3, 0.4) is 0 Å². The molecule has 0 amide bonds. The fourth-order valence-corrected chi connectivity index (χ4v) is 2.99. The van der Waals surface area contributed by atoms with E-state index < -0.39 is 0 Å². The summed E-state index contributed by atoms with van der Waals surface area (Å²) < 4.78 is 10.5. The molecular formula is C17H26N2O3.